The molecule has 0 bridgehead atoms. The third-order valence-corrected chi connectivity index (χ3v) is 5.00. The summed E-state index contributed by atoms with van der Waals surface area (Å²) in [6, 6.07) is 15.6. The molecule has 1 fully saturated rings. The summed E-state index contributed by atoms with van der Waals surface area (Å²) in [5, 5.41) is 2.97. The van der Waals surface area contributed by atoms with Crippen LogP contribution in [0, 0.1) is 6.92 Å². The van der Waals surface area contributed by atoms with Gasteiger partial charge in [-0.15, -0.1) is 0 Å². The van der Waals surface area contributed by atoms with E-state index in [0.29, 0.717) is 5.56 Å². The molecule has 3 aromatic rings. The minimum absolute atomic E-state index is 0.143. The van der Waals surface area contributed by atoms with Crippen LogP contribution in [0.5, 0.6) is 0 Å². The molecule has 4 rings (SSSR count). The van der Waals surface area contributed by atoms with Crippen molar-refractivity contribution in [2.24, 2.45) is 0 Å². The van der Waals surface area contributed by atoms with E-state index in [1.165, 1.54) is 0 Å². The van der Waals surface area contributed by atoms with Crippen molar-refractivity contribution < 1.29 is 4.79 Å². The van der Waals surface area contributed by atoms with E-state index in [9.17, 15) is 4.79 Å². The fourth-order valence-corrected chi connectivity index (χ4v) is 3.37. The molecule has 0 radical (unpaired) electrons. The van der Waals surface area contributed by atoms with Gasteiger partial charge in [0.1, 0.15) is 5.82 Å². The molecule has 0 atom stereocenters. The smallest absolute Gasteiger partial charge is 0.257 e. The van der Waals surface area contributed by atoms with Crippen LogP contribution < -0.4 is 15.1 Å². The van der Waals surface area contributed by atoms with Gasteiger partial charge in [-0.2, -0.15) is 0 Å². The summed E-state index contributed by atoms with van der Waals surface area (Å²) in [6.45, 7) is 5.47. The molecule has 3 heterocycles. The summed E-state index contributed by atoms with van der Waals surface area (Å²) in [6.07, 6.45) is 5.25. The van der Waals surface area contributed by atoms with Crippen LogP contribution in [0.4, 0.5) is 17.2 Å². The molecule has 1 aliphatic heterocycles. The predicted molar refractivity (Wildman–Crippen MR) is 112 cm³/mol. The van der Waals surface area contributed by atoms with Gasteiger partial charge in [0, 0.05) is 44.3 Å². The van der Waals surface area contributed by atoms with E-state index in [-0.39, 0.29) is 5.91 Å². The van der Waals surface area contributed by atoms with Crippen LogP contribution in [0.15, 0.2) is 67.1 Å². The standard InChI is InChI=1S/C22H23N5O/c1-17-6-2-3-7-20(17)25-22(28)18-14-19(16-23-15-18)26-10-12-27(13-11-26)21-8-4-5-9-24-21/h2-9,14-16H,10-13H2,1H3,(H,25,28). The zero-order chi connectivity index (χ0) is 19.3. The number of pyridine rings is 2. The van der Waals surface area contributed by atoms with Crippen molar-refractivity contribution in [3.8, 4) is 0 Å². The first-order valence-corrected chi connectivity index (χ1v) is 9.44. The number of carbonyl (C=O) groups excluding carboxylic acids is 1. The molecule has 6 nitrogen and oxygen atoms in total. The van der Waals surface area contributed by atoms with Crippen LogP contribution in [0.2, 0.25) is 0 Å². The number of aromatic nitrogens is 2. The quantitative estimate of drug-likeness (QED) is 0.760. The van der Waals surface area contributed by atoms with E-state index >= 15 is 0 Å². The van der Waals surface area contributed by atoms with E-state index in [4.69, 9.17) is 0 Å². The molecule has 0 spiro atoms. The van der Waals surface area contributed by atoms with Gasteiger partial charge in [-0.3, -0.25) is 9.78 Å². The highest BCUT2D eigenvalue weighted by Crippen LogP contribution is 2.20. The van der Waals surface area contributed by atoms with Crippen molar-refractivity contribution in [2.75, 3.05) is 41.3 Å². The molecular weight excluding hydrogens is 350 g/mol. The van der Waals surface area contributed by atoms with Crippen molar-refractivity contribution in [3.05, 3.63) is 78.2 Å². The number of aryl methyl sites for hydroxylation is 1. The van der Waals surface area contributed by atoms with Crippen LogP contribution in [-0.2, 0) is 0 Å². The number of carbonyl (C=O) groups is 1. The fourth-order valence-electron chi connectivity index (χ4n) is 3.37. The molecule has 0 aliphatic carbocycles. The number of nitrogens with zero attached hydrogens (tertiary/aromatic N) is 4. The van der Waals surface area contributed by atoms with Gasteiger partial charge in [0.2, 0.25) is 0 Å². The number of anilines is 3. The highest BCUT2D eigenvalue weighted by Gasteiger charge is 2.19. The van der Waals surface area contributed by atoms with Crippen molar-refractivity contribution in [3.63, 3.8) is 0 Å². The first kappa shape index (κ1) is 18.0. The highest BCUT2D eigenvalue weighted by molar-refractivity contribution is 6.04. The molecule has 0 saturated carbocycles. The molecule has 1 aromatic carbocycles. The molecule has 2 aromatic heterocycles. The van der Waals surface area contributed by atoms with Gasteiger partial charge in [0.25, 0.3) is 5.91 Å². The average Bonchev–Trinajstić information content (AvgIpc) is 2.76. The predicted octanol–water partition coefficient (Wildman–Crippen LogP) is 3.36. The largest absolute Gasteiger partial charge is 0.367 e. The Balaban J connectivity index is 1.43. The Morgan fingerprint density at radius 2 is 1.71 bits per heavy atom. The number of hydrogen-bond acceptors (Lipinski definition) is 5. The average molecular weight is 373 g/mol. The van der Waals surface area contributed by atoms with Crippen LogP contribution in [0.1, 0.15) is 15.9 Å². The minimum Gasteiger partial charge on any atom is -0.367 e. The van der Waals surface area contributed by atoms with Gasteiger partial charge in [0.05, 0.1) is 17.4 Å². The number of nitrogens with one attached hydrogen (secondary N) is 1. The van der Waals surface area contributed by atoms with Gasteiger partial charge in [0.15, 0.2) is 0 Å². The molecule has 1 aliphatic rings. The fraction of sp³-hybridized carbons (Fsp3) is 0.227. The number of piperazine rings is 1. The third-order valence-electron chi connectivity index (χ3n) is 5.00. The number of amides is 1. The van der Waals surface area contributed by atoms with Crippen LogP contribution in [-0.4, -0.2) is 42.1 Å². The van der Waals surface area contributed by atoms with E-state index < -0.39 is 0 Å². The number of hydrogen-bond donors (Lipinski definition) is 1. The van der Waals surface area contributed by atoms with Crippen molar-refractivity contribution in [2.45, 2.75) is 6.92 Å². The molecule has 6 heteroatoms. The molecule has 0 unspecified atom stereocenters. The number of para-hydroxylation sites is 1. The molecule has 1 saturated heterocycles. The maximum Gasteiger partial charge on any atom is 0.257 e. The Morgan fingerprint density at radius 1 is 0.964 bits per heavy atom. The van der Waals surface area contributed by atoms with Gasteiger partial charge < -0.3 is 15.1 Å². The van der Waals surface area contributed by atoms with Gasteiger partial charge >= 0.3 is 0 Å². The maximum atomic E-state index is 12.7. The van der Waals surface area contributed by atoms with Crippen LogP contribution in [0.25, 0.3) is 0 Å². The zero-order valence-corrected chi connectivity index (χ0v) is 15.9. The Bertz CT molecular complexity index is 952. The Labute approximate surface area is 164 Å². The number of rotatable bonds is 4. The maximum absolute atomic E-state index is 12.7. The summed E-state index contributed by atoms with van der Waals surface area (Å²) in [5.41, 5.74) is 3.39. The Hall–Kier alpha value is -3.41. The molecular formula is C22H23N5O. The van der Waals surface area contributed by atoms with E-state index in [0.717, 1.165) is 48.9 Å². The third kappa shape index (κ3) is 3.96. The normalized spacial score (nSPS) is 14.0. The highest BCUT2D eigenvalue weighted by atomic mass is 16.1. The van der Waals surface area contributed by atoms with E-state index in [1.807, 2.05) is 67.8 Å². The Kier molecular flexibility index (Phi) is 5.19. The lowest BCUT2D eigenvalue weighted by Crippen LogP contribution is -2.46. The summed E-state index contributed by atoms with van der Waals surface area (Å²) >= 11 is 0. The summed E-state index contributed by atoms with van der Waals surface area (Å²) in [7, 11) is 0. The summed E-state index contributed by atoms with van der Waals surface area (Å²) in [4.78, 5) is 25.9. The molecule has 142 valence electrons. The second-order valence-electron chi connectivity index (χ2n) is 6.86. The van der Waals surface area contributed by atoms with Gasteiger partial charge in [-0.1, -0.05) is 24.3 Å². The first-order valence-electron chi connectivity index (χ1n) is 9.44. The van der Waals surface area contributed by atoms with Crippen LogP contribution >= 0.6 is 0 Å². The van der Waals surface area contributed by atoms with Crippen LogP contribution in [0.3, 0.4) is 0 Å². The molecule has 1 amide bonds. The lowest BCUT2D eigenvalue weighted by Gasteiger charge is -2.36. The van der Waals surface area contributed by atoms with Crippen molar-refractivity contribution in [1.82, 2.24) is 9.97 Å². The second-order valence-corrected chi connectivity index (χ2v) is 6.86. The molecule has 28 heavy (non-hydrogen) atoms. The first-order chi connectivity index (χ1) is 13.7. The monoisotopic (exact) mass is 373 g/mol. The lowest BCUT2D eigenvalue weighted by molar-refractivity contribution is 0.102. The zero-order valence-electron chi connectivity index (χ0n) is 15.9. The molecule has 1 N–H and O–H groups in total. The topological polar surface area (TPSA) is 61.4 Å². The lowest BCUT2D eigenvalue weighted by atomic mass is 10.1. The van der Waals surface area contributed by atoms with Crippen molar-refractivity contribution >= 4 is 23.1 Å². The second kappa shape index (κ2) is 8.08. The van der Waals surface area contributed by atoms with Gasteiger partial charge in [-0.05, 0) is 36.8 Å². The summed E-state index contributed by atoms with van der Waals surface area (Å²) in [5.74, 6) is 0.863. The van der Waals surface area contributed by atoms with E-state index in [2.05, 4.69) is 25.1 Å². The van der Waals surface area contributed by atoms with Gasteiger partial charge in [-0.25, -0.2) is 4.98 Å². The SMILES string of the molecule is Cc1ccccc1NC(=O)c1cncc(N2CCN(c3ccccn3)CC2)c1. The number of benzene rings is 1. The van der Waals surface area contributed by atoms with E-state index in [1.54, 1.807) is 6.20 Å². The summed E-state index contributed by atoms with van der Waals surface area (Å²) < 4.78 is 0. The minimum atomic E-state index is -0.143. The Morgan fingerprint density at radius 3 is 2.46 bits per heavy atom. The van der Waals surface area contributed by atoms with Crippen molar-refractivity contribution in [1.29, 1.82) is 0 Å².